The molecule has 2 aliphatic carbocycles. The summed E-state index contributed by atoms with van der Waals surface area (Å²) in [5, 5.41) is 12.2. The number of hydrogen-bond acceptors (Lipinski definition) is 4. The molecule has 5 rings (SSSR count). The molecule has 7 nitrogen and oxygen atoms in total. The van der Waals surface area contributed by atoms with Gasteiger partial charge in [0.25, 0.3) is 0 Å². The van der Waals surface area contributed by atoms with Crippen molar-refractivity contribution in [2.45, 2.75) is 56.5 Å². The number of carbonyl (C=O) groups is 3. The summed E-state index contributed by atoms with van der Waals surface area (Å²) in [6.07, 6.45) is 2.29. The first-order valence-corrected chi connectivity index (χ1v) is 12.1. The van der Waals surface area contributed by atoms with Crippen molar-refractivity contribution in [1.82, 2.24) is 10.2 Å². The van der Waals surface area contributed by atoms with Crippen LogP contribution < -0.4 is 5.32 Å². The van der Waals surface area contributed by atoms with Crippen molar-refractivity contribution < 1.29 is 24.2 Å². The van der Waals surface area contributed by atoms with Gasteiger partial charge in [-0.3, -0.25) is 9.59 Å². The van der Waals surface area contributed by atoms with Crippen LogP contribution >= 0.6 is 0 Å². The highest BCUT2D eigenvalue weighted by Crippen LogP contribution is 2.44. The van der Waals surface area contributed by atoms with Gasteiger partial charge in [0.15, 0.2) is 0 Å². The van der Waals surface area contributed by atoms with Crippen molar-refractivity contribution in [2.24, 2.45) is 5.92 Å². The first kappa shape index (κ1) is 22.4. The molecule has 1 heterocycles. The number of nitrogens with one attached hydrogen (secondary N) is 1. The number of hydrogen-bond donors (Lipinski definition) is 2. The number of rotatable bonds is 5. The van der Waals surface area contributed by atoms with Crippen LogP contribution in [0.2, 0.25) is 0 Å². The number of carboxylic acid groups (broad SMARTS) is 1. The van der Waals surface area contributed by atoms with Crippen LogP contribution in [0.1, 0.15) is 56.1 Å². The summed E-state index contributed by atoms with van der Waals surface area (Å²) in [4.78, 5) is 39.4. The summed E-state index contributed by atoms with van der Waals surface area (Å²) in [5.41, 5.74) is 3.66. The molecule has 2 aromatic rings. The lowest BCUT2D eigenvalue weighted by Gasteiger charge is -2.47. The van der Waals surface area contributed by atoms with Crippen LogP contribution in [0.25, 0.3) is 11.1 Å². The van der Waals surface area contributed by atoms with Crippen LogP contribution in [-0.2, 0) is 14.3 Å². The maximum atomic E-state index is 13.4. The van der Waals surface area contributed by atoms with Crippen molar-refractivity contribution in [3.8, 4) is 11.1 Å². The molecule has 0 radical (unpaired) electrons. The molecule has 2 fully saturated rings. The highest BCUT2D eigenvalue weighted by molar-refractivity contribution is 5.91. The Hall–Kier alpha value is -3.35. The van der Waals surface area contributed by atoms with Gasteiger partial charge in [0, 0.05) is 18.5 Å². The van der Waals surface area contributed by atoms with Crippen molar-refractivity contribution in [3.63, 3.8) is 0 Å². The molecule has 2 aromatic carbocycles. The Kier molecular flexibility index (Phi) is 5.80. The van der Waals surface area contributed by atoms with E-state index >= 15 is 0 Å². The van der Waals surface area contributed by atoms with Gasteiger partial charge in [0.05, 0.1) is 5.92 Å². The summed E-state index contributed by atoms with van der Waals surface area (Å²) in [7, 11) is 0. The lowest BCUT2D eigenvalue weighted by atomic mass is 9.74. The molecule has 1 aliphatic heterocycles. The van der Waals surface area contributed by atoms with Crippen molar-refractivity contribution in [1.29, 1.82) is 0 Å². The predicted molar refractivity (Wildman–Crippen MR) is 126 cm³/mol. The zero-order valence-electron chi connectivity index (χ0n) is 19.3. The largest absolute Gasteiger partial charge is 0.481 e. The van der Waals surface area contributed by atoms with Gasteiger partial charge in [-0.2, -0.15) is 0 Å². The monoisotopic (exact) mass is 462 g/mol. The molecule has 1 saturated carbocycles. The summed E-state index contributed by atoms with van der Waals surface area (Å²) in [5.74, 6) is -1.40. The fourth-order valence-corrected chi connectivity index (χ4v) is 5.73. The zero-order chi connectivity index (χ0) is 23.9. The SMILES string of the molecule is CC1CC(C(=O)O)CCN1C(=O)C1(NC(=O)OCC2c3ccccc3-c3ccccc32)CCC1. The molecule has 0 aromatic heterocycles. The van der Waals surface area contributed by atoms with Crippen LogP contribution in [0.5, 0.6) is 0 Å². The first-order chi connectivity index (χ1) is 16.4. The first-order valence-electron chi connectivity index (χ1n) is 12.1. The fraction of sp³-hybridized carbons (Fsp3) is 0.444. The molecule has 0 spiro atoms. The van der Waals surface area contributed by atoms with Gasteiger partial charge in [-0.25, -0.2) is 4.79 Å². The Balaban J connectivity index is 1.25. The lowest BCUT2D eigenvalue weighted by Crippen LogP contribution is -2.65. The minimum atomic E-state index is -0.951. The minimum absolute atomic E-state index is 0.0405. The summed E-state index contributed by atoms with van der Waals surface area (Å²) in [6, 6.07) is 16.2. The second kappa shape index (κ2) is 8.78. The number of aliphatic carboxylic acids is 1. The molecule has 1 saturated heterocycles. The normalized spacial score (nSPS) is 22.8. The lowest BCUT2D eigenvalue weighted by molar-refractivity contribution is -0.152. The topological polar surface area (TPSA) is 95.9 Å². The number of amides is 2. The Morgan fingerprint density at radius 1 is 1.06 bits per heavy atom. The molecule has 0 bridgehead atoms. The number of ether oxygens (including phenoxy) is 1. The van der Waals surface area contributed by atoms with Crippen molar-refractivity contribution in [2.75, 3.05) is 13.2 Å². The highest BCUT2D eigenvalue weighted by Gasteiger charge is 2.50. The third-order valence-corrected chi connectivity index (χ3v) is 7.79. The van der Waals surface area contributed by atoms with Gasteiger partial charge in [0.2, 0.25) is 5.91 Å². The second-order valence-electron chi connectivity index (χ2n) is 9.79. The predicted octanol–water partition coefficient (Wildman–Crippen LogP) is 4.16. The van der Waals surface area contributed by atoms with E-state index in [2.05, 4.69) is 29.6 Å². The highest BCUT2D eigenvalue weighted by atomic mass is 16.5. The van der Waals surface area contributed by atoms with Gasteiger partial charge in [-0.05, 0) is 61.3 Å². The zero-order valence-corrected chi connectivity index (χ0v) is 19.3. The minimum Gasteiger partial charge on any atom is -0.481 e. The third kappa shape index (κ3) is 3.83. The molecule has 2 atom stereocenters. The van der Waals surface area contributed by atoms with Gasteiger partial charge < -0.3 is 20.1 Å². The van der Waals surface area contributed by atoms with E-state index in [1.165, 1.54) is 0 Å². The van der Waals surface area contributed by atoms with E-state index in [1.807, 2.05) is 31.2 Å². The number of carbonyl (C=O) groups excluding carboxylic acids is 2. The maximum absolute atomic E-state index is 13.4. The van der Waals surface area contributed by atoms with Crippen LogP contribution in [-0.4, -0.2) is 52.7 Å². The van der Waals surface area contributed by atoms with Crippen LogP contribution in [0.3, 0.4) is 0 Å². The van der Waals surface area contributed by atoms with Crippen molar-refractivity contribution >= 4 is 18.0 Å². The standard InChI is InChI=1S/C27H30N2O5/c1-17-15-18(24(30)31)11-14-29(17)25(32)27(12-6-13-27)28-26(33)34-16-23-21-9-4-2-7-19(21)20-8-3-5-10-22(20)23/h2-5,7-10,17-18,23H,6,11-16H2,1H3,(H,28,33)(H,30,31). The number of carboxylic acids is 1. The molecule has 7 heteroatoms. The van der Waals surface area contributed by atoms with E-state index in [9.17, 15) is 19.5 Å². The quantitative estimate of drug-likeness (QED) is 0.696. The molecular formula is C27H30N2O5. The van der Waals surface area contributed by atoms with E-state index in [0.29, 0.717) is 32.2 Å². The summed E-state index contributed by atoms with van der Waals surface area (Å²) >= 11 is 0. The number of benzene rings is 2. The van der Waals surface area contributed by atoms with E-state index < -0.39 is 23.5 Å². The molecule has 2 amide bonds. The molecule has 2 unspecified atom stereocenters. The van der Waals surface area contributed by atoms with E-state index in [0.717, 1.165) is 28.7 Å². The number of piperidine rings is 1. The van der Waals surface area contributed by atoms with Gasteiger partial charge in [0.1, 0.15) is 12.1 Å². The average Bonchev–Trinajstić information content (AvgIpc) is 3.13. The Bertz CT molecular complexity index is 1080. The smallest absolute Gasteiger partial charge is 0.408 e. The van der Waals surface area contributed by atoms with E-state index in [4.69, 9.17) is 4.74 Å². The Morgan fingerprint density at radius 2 is 1.68 bits per heavy atom. The number of likely N-dealkylation sites (tertiary alicyclic amines) is 1. The van der Waals surface area contributed by atoms with Crippen LogP contribution in [0.15, 0.2) is 48.5 Å². The molecule has 178 valence electrons. The number of nitrogens with zero attached hydrogens (tertiary/aromatic N) is 1. The molecule has 2 N–H and O–H groups in total. The van der Waals surface area contributed by atoms with Gasteiger partial charge in [-0.1, -0.05) is 48.5 Å². The van der Waals surface area contributed by atoms with Gasteiger partial charge >= 0.3 is 12.1 Å². The second-order valence-corrected chi connectivity index (χ2v) is 9.79. The number of fused-ring (bicyclic) bond motifs is 3. The van der Waals surface area contributed by atoms with Crippen LogP contribution in [0.4, 0.5) is 4.79 Å². The molecule has 3 aliphatic rings. The fourth-order valence-electron chi connectivity index (χ4n) is 5.73. The average molecular weight is 463 g/mol. The summed E-state index contributed by atoms with van der Waals surface area (Å²) in [6.45, 7) is 2.47. The van der Waals surface area contributed by atoms with Crippen LogP contribution in [0, 0.1) is 5.92 Å². The number of alkyl carbamates (subject to hydrolysis) is 1. The summed E-state index contributed by atoms with van der Waals surface area (Å²) < 4.78 is 5.69. The molecule has 34 heavy (non-hydrogen) atoms. The Morgan fingerprint density at radius 3 is 2.21 bits per heavy atom. The maximum Gasteiger partial charge on any atom is 0.408 e. The molecular weight excluding hydrogens is 432 g/mol. The Labute approximate surface area is 199 Å². The van der Waals surface area contributed by atoms with E-state index in [1.54, 1.807) is 4.90 Å². The third-order valence-electron chi connectivity index (χ3n) is 7.79. The van der Waals surface area contributed by atoms with Crippen molar-refractivity contribution in [3.05, 3.63) is 59.7 Å². The van der Waals surface area contributed by atoms with Gasteiger partial charge in [-0.15, -0.1) is 0 Å². The van der Waals surface area contributed by atoms with E-state index in [-0.39, 0.29) is 24.5 Å².